The van der Waals surface area contributed by atoms with Gasteiger partial charge < -0.3 is 0 Å². The van der Waals surface area contributed by atoms with E-state index in [-0.39, 0.29) is 11.0 Å². The van der Waals surface area contributed by atoms with Crippen molar-refractivity contribution in [2.45, 2.75) is 19.8 Å². The minimum atomic E-state index is 0. The molecule has 0 amide bonds. The van der Waals surface area contributed by atoms with Gasteiger partial charge in [0.05, 0.1) is 0 Å². The van der Waals surface area contributed by atoms with Gasteiger partial charge in [0.2, 0.25) is 0 Å². The van der Waals surface area contributed by atoms with E-state index in [9.17, 15) is 0 Å². The third kappa shape index (κ3) is 8.87. The third-order valence-electron chi connectivity index (χ3n) is 0.487. The summed E-state index contributed by atoms with van der Waals surface area (Å²) in [6, 6.07) is 0. The molecule has 0 rings (SSSR count). The molecule has 0 heterocycles. The van der Waals surface area contributed by atoms with Gasteiger partial charge in [-0.05, 0) is 21.8 Å². The van der Waals surface area contributed by atoms with Crippen molar-refractivity contribution in [2.75, 3.05) is 4.43 Å². The van der Waals surface area contributed by atoms with Gasteiger partial charge in [0.1, 0.15) is 0 Å². The summed E-state index contributed by atoms with van der Waals surface area (Å²) in [6.07, 6.45) is 2.71. The van der Waals surface area contributed by atoms with E-state index in [1.165, 1.54) is 17.3 Å². The second kappa shape index (κ2) is 9.34. The van der Waals surface area contributed by atoms with Crippen LogP contribution in [0.5, 0.6) is 0 Å². The number of halogens is 1. The maximum atomic E-state index is 2.39. The topological polar surface area (TPSA) is 0 Å². The number of alkyl halides is 1. The summed E-state index contributed by atoms with van der Waals surface area (Å²) in [6.45, 7) is 2.21. The van der Waals surface area contributed by atoms with E-state index in [4.69, 9.17) is 0 Å². The number of unbranched alkanes of at least 4 members (excludes halogenated alkanes) is 1. The van der Waals surface area contributed by atoms with Crippen LogP contribution >= 0.6 is 22.6 Å². The molecule has 0 fully saturated rings. The number of hydrogen-bond donors (Lipinski definition) is 0. The predicted molar refractivity (Wildman–Crippen MR) is 45.1 cm³/mol. The molecule has 0 aliphatic heterocycles. The maximum absolute atomic E-state index is 2.39. The van der Waals surface area contributed by atoms with Gasteiger partial charge in [-0.25, -0.2) is 0 Å². The lowest BCUT2D eigenvalue weighted by atomic mass is 10.4. The Morgan fingerprint density at radius 2 is 2.00 bits per heavy atom. The average Bonchev–Trinajstić information content (AvgIpc) is 1.41. The molecule has 0 radical (unpaired) electrons. The highest BCUT2D eigenvalue weighted by molar-refractivity contribution is 14.1. The summed E-state index contributed by atoms with van der Waals surface area (Å²) in [4.78, 5) is 0. The van der Waals surface area contributed by atoms with E-state index in [2.05, 4.69) is 29.5 Å². The fraction of sp³-hybridized carbons (Fsp3) is 1.00. The molecule has 40 valence electrons. The van der Waals surface area contributed by atoms with Gasteiger partial charge in [-0.15, -0.1) is 0 Å². The molecule has 0 spiro atoms. The third-order valence-corrected chi connectivity index (χ3v) is 1.25. The van der Waals surface area contributed by atoms with Crippen LogP contribution in [0.4, 0.5) is 0 Å². The first-order chi connectivity index (χ1) is 2.41. The van der Waals surface area contributed by atoms with Crippen LogP contribution in [0.1, 0.15) is 19.8 Å². The zero-order chi connectivity index (χ0) is 4.12. The van der Waals surface area contributed by atoms with Gasteiger partial charge in [0.15, 0.2) is 0 Å². The van der Waals surface area contributed by atoms with Gasteiger partial charge in [0, 0.05) is 0 Å². The Bertz CT molecular complexity index is 15.0. The molecular weight excluding hydrogens is 203 g/mol. The molecule has 0 aromatic carbocycles. The molecule has 0 atom stereocenters. The van der Waals surface area contributed by atoms with Crippen LogP contribution in [0, 0.1) is 0 Å². The smallest absolute Gasteiger partial charge is 0.000483 e. The van der Waals surface area contributed by atoms with Crippen molar-refractivity contribution in [3.63, 3.8) is 0 Å². The van der Waals surface area contributed by atoms with E-state index < -0.39 is 0 Å². The molecule has 2 heteroatoms. The van der Waals surface area contributed by atoms with E-state index >= 15 is 0 Å². The molecule has 0 aromatic heterocycles. The Labute approximate surface area is 57.9 Å². The van der Waals surface area contributed by atoms with Crippen molar-refractivity contribution in [3.8, 4) is 0 Å². The first-order valence-electron chi connectivity index (χ1n) is 1.97. The van der Waals surface area contributed by atoms with E-state index in [1.54, 1.807) is 0 Å². The maximum Gasteiger partial charge on any atom is -0.000483 e. The van der Waals surface area contributed by atoms with E-state index in [0.717, 1.165) is 0 Å². The second-order valence-corrected chi connectivity index (χ2v) is 2.12. The van der Waals surface area contributed by atoms with Crippen LogP contribution in [-0.4, -0.2) is 15.4 Å². The van der Waals surface area contributed by atoms with Crippen LogP contribution < -0.4 is 0 Å². The van der Waals surface area contributed by atoms with Crippen LogP contribution in [0.25, 0.3) is 0 Å². The fourth-order valence-corrected chi connectivity index (χ4v) is 0.896. The van der Waals surface area contributed by atoms with E-state index in [0.29, 0.717) is 0 Å². The zero-order valence-corrected chi connectivity index (χ0v) is 5.66. The first-order valence-corrected chi connectivity index (χ1v) is 3.50. The molecule has 0 unspecified atom stereocenters. The molecule has 0 nitrogen and oxygen atoms in total. The summed E-state index contributed by atoms with van der Waals surface area (Å²) in [7, 11) is 0. The van der Waals surface area contributed by atoms with Crippen LogP contribution in [0.15, 0.2) is 0 Å². The lowest BCUT2D eigenvalue weighted by molar-refractivity contribution is 0.907. The normalized spacial score (nSPS) is 7.00. The van der Waals surface area contributed by atoms with Crippen molar-refractivity contribution in [1.82, 2.24) is 0 Å². The monoisotopic (exact) mass is 216 g/mol. The zero-order valence-electron chi connectivity index (χ0n) is 3.50. The van der Waals surface area contributed by atoms with Crippen LogP contribution in [0.3, 0.4) is 0 Å². The van der Waals surface area contributed by atoms with Gasteiger partial charge >= 0.3 is 0 Å². The largest absolute Gasteiger partial charge is 0.0864 e. The van der Waals surface area contributed by atoms with Crippen LogP contribution in [-0.2, 0) is 0 Å². The Hall–Kier alpha value is 0.947. The Balaban J connectivity index is 0. The van der Waals surface area contributed by atoms with Crippen molar-refractivity contribution in [1.29, 1.82) is 0 Å². The average molecular weight is 216 g/mol. The highest BCUT2D eigenvalue weighted by Crippen LogP contribution is 1.90. The second-order valence-electron chi connectivity index (χ2n) is 1.04. The molecule has 0 aliphatic rings. The molecule has 0 N–H and O–H groups in total. The Morgan fingerprint density at radius 3 is 2.00 bits per heavy atom. The number of rotatable bonds is 2. The first kappa shape index (κ1) is 10.0. The van der Waals surface area contributed by atoms with Gasteiger partial charge in [-0.3, -0.25) is 0 Å². The number of hydrogen-bond acceptors (Lipinski definition) is 0. The van der Waals surface area contributed by atoms with Gasteiger partial charge in [-0.2, -0.15) is 0 Å². The molecule has 0 saturated heterocycles. The summed E-state index contributed by atoms with van der Waals surface area (Å²) < 4.78 is 1.31. The molecule has 0 bridgehead atoms. The predicted octanol–water partition coefficient (Wildman–Crippen LogP) is 0.770. The lowest BCUT2D eigenvalue weighted by Gasteiger charge is -1.77. The van der Waals surface area contributed by atoms with Crippen molar-refractivity contribution >= 4 is 33.6 Å². The van der Waals surface area contributed by atoms with Crippen molar-refractivity contribution in [3.05, 3.63) is 0 Å². The molecular formula is C4H13ISi. The highest BCUT2D eigenvalue weighted by atomic mass is 127. The quantitative estimate of drug-likeness (QED) is 0.363. The summed E-state index contributed by atoms with van der Waals surface area (Å²) in [5.41, 5.74) is 0. The highest BCUT2D eigenvalue weighted by Gasteiger charge is 1.69. The summed E-state index contributed by atoms with van der Waals surface area (Å²) >= 11 is 2.39. The summed E-state index contributed by atoms with van der Waals surface area (Å²) in [5, 5.41) is 0. The summed E-state index contributed by atoms with van der Waals surface area (Å²) in [5.74, 6) is 0. The van der Waals surface area contributed by atoms with Gasteiger partial charge in [0.25, 0.3) is 0 Å². The minimum absolute atomic E-state index is 0. The van der Waals surface area contributed by atoms with Gasteiger partial charge in [-0.1, -0.05) is 35.9 Å². The molecule has 0 aliphatic carbocycles. The SMILES string of the molecule is CCCCI.[SiH4]. The molecule has 0 aromatic rings. The minimum Gasteiger partial charge on any atom is -0.0864 e. The Kier molecular flexibility index (Phi) is 15.6. The van der Waals surface area contributed by atoms with E-state index in [1.807, 2.05) is 0 Å². The Morgan fingerprint density at radius 1 is 1.50 bits per heavy atom. The molecule has 6 heavy (non-hydrogen) atoms. The lowest BCUT2D eigenvalue weighted by Crippen LogP contribution is -1.64. The molecule has 0 saturated carbocycles. The van der Waals surface area contributed by atoms with Crippen molar-refractivity contribution < 1.29 is 0 Å². The van der Waals surface area contributed by atoms with Crippen LogP contribution in [0.2, 0.25) is 0 Å². The van der Waals surface area contributed by atoms with Crippen molar-refractivity contribution in [2.24, 2.45) is 0 Å². The fourth-order valence-electron chi connectivity index (χ4n) is 0.134. The standard InChI is InChI=1S/C4H9I.H4Si/c1-2-3-4-5;/h2-4H2,1H3;1H4.